The van der Waals surface area contributed by atoms with Gasteiger partial charge in [-0.15, -0.1) is 0 Å². The van der Waals surface area contributed by atoms with Crippen LogP contribution in [0.15, 0.2) is 34.7 Å². The highest BCUT2D eigenvalue weighted by Gasteiger charge is 2.20. The second-order valence-corrected chi connectivity index (χ2v) is 7.60. The zero-order valence-electron chi connectivity index (χ0n) is 11.4. The first-order valence-electron chi connectivity index (χ1n) is 6.28. The molecule has 1 aromatic carbocycles. The van der Waals surface area contributed by atoms with Gasteiger partial charge in [0.1, 0.15) is 0 Å². The van der Waals surface area contributed by atoms with Crippen LogP contribution in [0.3, 0.4) is 0 Å². The average molecular weight is 314 g/mol. The summed E-state index contributed by atoms with van der Waals surface area (Å²) in [5.74, 6) is -0.164. The zero-order valence-corrected chi connectivity index (χ0v) is 13.0. The van der Waals surface area contributed by atoms with Crippen LogP contribution in [-0.4, -0.2) is 32.3 Å². The third kappa shape index (κ3) is 3.41. The van der Waals surface area contributed by atoms with Crippen molar-refractivity contribution in [3.8, 4) is 0 Å². The first kappa shape index (κ1) is 15.1. The summed E-state index contributed by atoms with van der Waals surface area (Å²) in [6.07, 6.45) is 2.93. The van der Waals surface area contributed by atoms with Gasteiger partial charge in [-0.3, -0.25) is 4.79 Å². The summed E-state index contributed by atoms with van der Waals surface area (Å²) in [5.41, 5.74) is 2.20. The molecular formula is C14H16ClNO3S. The van der Waals surface area contributed by atoms with E-state index in [9.17, 15) is 13.2 Å². The van der Waals surface area contributed by atoms with Crippen LogP contribution in [0.2, 0.25) is 0 Å². The maximum Gasteiger partial charge on any atom is 0.261 e. The van der Waals surface area contributed by atoms with E-state index < -0.39 is 9.05 Å². The van der Waals surface area contributed by atoms with Gasteiger partial charge < -0.3 is 4.90 Å². The van der Waals surface area contributed by atoms with Crippen molar-refractivity contribution in [3.05, 3.63) is 41.0 Å². The maximum absolute atomic E-state index is 12.4. The average Bonchev–Trinajstić information content (AvgIpc) is 2.36. The molecule has 1 aliphatic heterocycles. The molecule has 108 valence electrons. The largest absolute Gasteiger partial charge is 0.334 e. The van der Waals surface area contributed by atoms with Gasteiger partial charge in [0.05, 0.1) is 4.90 Å². The molecule has 0 aromatic heterocycles. The van der Waals surface area contributed by atoms with Crippen molar-refractivity contribution >= 4 is 25.6 Å². The summed E-state index contributed by atoms with van der Waals surface area (Å²) >= 11 is 0. The van der Waals surface area contributed by atoms with Crippen molar-refractivity contribution in [2.45, 2.75) is 25.2 Å². The Hall–Kier alpha value is -1.33. The molecule has 0 saturated carbocycles. The molecule has 0 spiro atoms. The van der Waals surface area contributed by atoms with Gasteiger partial charge in [-0.2, -0.15) is 0 Å². The van der Waals surface area contributed by atoms with Crippen molar-refractivity contribution in [3.63, 3.8) is 0 Å². The highest BCUT2D eigenvalue weighted by molar-refractivity contribution is 8.13. The van der Waals surface area contributed by atoms with E-state index in [-0.39, 0.29) is 10.8 Å². The van der Waals surface area contributed by atoms with Crippen LogP contribution in [0.1, 0.15) is 29.3 Å². The standard InChI is InChI=1S/C14H16ClNO3S/c1-10-4-3-5-16(9-10)14(17)12-6-11(2)7-13(8-12)20(15,18)19/h4,6-8H,3,5,9H2,1-2H3. The second kappa shape index (κ2) is 5.58. The number of amides is 1. The predicted octanol–water partition coefficient (Wildman–Crippen LogP) is 2.71. The van der Waals surface area contributed by atoms with Gasteiger partial charge in [-0.05, 0) is 44.0 Å². The Labute approximate surface area is 123 Å². The molecule has 0 atom stereocenters. The lowest BCUT2D eigenvalue weighted by Gasteiger charge is -2.26. The van der Waals surface area contributed by atoms with Gasteiger partial charge >= 0.3 is 0 Å². The second-order valence-electron chi connectivity index (χ2n) is 5.04. The van der Waals surface area contributed by atoms with E-state index in [2.05, 4.69) is 6.08 Å². The monoisotopic (exact) mass is 313 g/mol. The summed E-state index contributed by atoms with van der Waals surface area (Å²) in [4.78, 5) is 14.1. The van der Waals surface area contributed by atoms with Gasteiger partial charge in [0, 0.05) is 29.3 Å². The van der Waals surface area contributed by atoms with Crippen molar-refractivity contribution in [1.82, 2.24) is 4.90 Å². The van der Waals surface area contributed by atoms with Crippen molar-refractivity contribution in [2.75, 3.05) is 13.1 Å². The van der Waals surface area contributed by atoms with Crippen LogP contribution >= 0.6 is 10.7 Å². The van der Waals surface area contributed by atoms with E-state index >= 15 is 0 Å². The number of nitrogens with zero attached hydrogens (tertiary/aromatic N) is 1. The maximum atomic E-state index is 12.4. The summed E-state index contributed by atoms with van der Waals surface area (Å²) in [7, 11) is 1.52. The number of benzene rings is 1. The van der Waals surface area contributed by atoms with E-state index in [1.54, 1.807) is 17.9 Å². The molecule has 4 nitrogen and oxygen atoms in total. The number of hydrogen-bond donors (Lipinski definition) is 0. The van der Waals surface area contributed by atoms with E-state index in [0.29, 0.717) is 24.2 Å². The van der Waals surface area contributed by atoms with E-state index in [4.69, 9.17) is 10.7 Å². The third-order valence-corrected chi connectivity index (χ3v) is 4.53. The van der Waals surface area contributed by atoms with Crippen molar-refractivity contribution < 1.29 is 13.2 Å². The first-order valence-corrected chi connectivity index (χ1v) is 8.59. The normalized spacial score (nSPS) is 15.9. The lowest BCUT2D eigenvalue weighted by molar-refractivity contribution is 0.0765. The van der Waals surface area contributed by atoms with Gasteiger partial charge in [-0.25, -0.2) is 8.42 Å². The lowest BCUT2D eigenvalue weighted by Crippen LogP contribution is -2.35. The van der Waals surface area contributed by atoms with Crippen molar-refractivity contribution in [2.24, 2.45) is 0 Å². The molecule has 1 heterocycles. The lowest BCUT2D eigenvalue weighted by atomic mass is 10.1. The van der Waals surface area contributed by atoms with E-state index in [0.717, 1.165) is 12.0 Å². The number of aryl methyl sites for hydroxylation is 1. The Bertz CT molecular complexity index is 680. The minimum atomic E-state index is -3.83. The summed E-state index contributed by atoms with van der Waals surface area (Å²) in [5, 5.41) is 0. The van der Waals surface area contributed by atoms with E-state index in [1.165, 1.54) is 12.1 Å². The fourth-order valence-corrected chi connectivity index (χ4v) is 3.14. The first-order chi connectivity index (χ1) is 9.27. The number of carbonyl (C=O) groups excluding carboxylic acids is 1. The molecule has 6 heteroatoms. The molecule has 2 rings (SSSR count). The molecule has 1 aromatic rings. The number of hydrogen-bond acceptors (Lipinski definition) is 3. The smallest absolute Gasteiger partial charge is 0.261 e. The Morgan fingerprint density at radius 2 is 1.95 bits per heavy atom. The fourth-order valence-electron chi connectivity index (χ4n) is 2.28. The number of carbonyl (C=O) groups is 1. The Morgan fingerprint density at radius 3 is 2.55 bits per heavy atom. The molecule has 1 aliphatic rings. The molecule has 0 bridgehead atoms. The highest BCUT2D eigenvalue weighted by atomic mass is 35.7. The fraction of sp³-hybridized carbons (Fsp3) is 0.357. The topological polar surface area (TPSA) is 54.5 Å². The van der Waals surface area contributed by atoms with Gasteiger partial charge in [-0.1, -0.05) is 11.6 Å². The number of rotatable bonds is 2. The quantitative estimate of drug-likeness (QED) is 0.623. The van der Waals surface area contributed by atoms with Crippen LogP contribution in [-0.2, 0) is 9.05 Å². The van der Waals surface area contributed by atoms with Crippen molar-refractivity contribution in [1.29, 1.82) is 0 Å². The van der Waals surface area contributed by atoms with Crippen LogP contribution in [0.4, 0.5) is 0 Å². The summed E-state index contributed by atoms with van der Waals surface area (Å²) in [6.45, 7) is 4.94. The third-order valence-electron chi connectivity index (χ3n) is 3.20. The Kier molecular flexibility index (Phi) is 4.20. The van der Waals surface area contributed by atoms with E-state index in [1.807, 2.05) is 6.92 Å². The predicted molar refractivity (Wildman–Crippen MR) is 78.5 cm³/mol. The molecule has 0 radical (unpaired) electrons. The van der Waals surface area contributed by atoms with Crippen LogP contribution in [0.5, 0.6) is 0 Å². The molecule has 0 saturated heterocycles. The molecule has 20 heavy (non-hydrogen) atoms. The SMILES string of the molecule is CC1=CCCN(C(=O)c2cc(C)cc(S(=O)(=O)Cl)c2)C1. The van der Waals surface area contributed by atoms with Crippen LogP contribution < -0.4 is 0 Å². The molecule has 0 unspecified atom stereocenters. The zero-order chi connectivity index (χ0) is 14.9. The highest BCUT2D eigenvalue weighted by Crippen LogP contribution is 2.21. The summed E-state index contributed by atoms with van der Waals surface area (Å²) in [6, 6.07) is 4.48. The number of halogens is 1. The molecule has 0 fully saturated rings. The Morgan fingerprint density at radius 1 is 1.25 bits per heavy atom. The molecule has 0 N–H and O–H groups in total. The van der Waals surface area contributed by atoms with Crippen LogP contribution in [0.25, 0.3) is 0 Å². The van der Waals surface area contributed by atoms with Gasteiger partial charge in [0.25, 0.3) is 15.0 Å². The summed E-state index contributed by atoms with van der Waals surface area (Å²) < 4.78 is 22.8. The minimum absolute atomic E-state index is 0.0354. The minimum Gasteiger partial charge on any atom is -0.334 e. The Balaban J connectivity index is 2.36. The van der Waals surface area contributed by atoms with Gasteiger partial charge in [0.2, 0.25) is 0 Å². The molecule has 0 aliphatic carbocycles. The molecule has 1 amide bonds. The van der Waals surface area contributed by atoms with Crippen LogP contribution in [0, 0.1) is 6.92 Å². The van der Waals surface area contributed by atoms with Gasteiger partial charge in [0.15, 0.2) is 0 Å². The molecular weight excluding hydrogens is 298 g/mol.